The molecule has 7 N–H and O–H groups in total. The van der Waals surface area contributed by atoms with Crippen LogP contribution in [0.3, 0.4) is 0 Å². The summed E-state index contributed by atoms with van der Waals surface area (Å²) in [7, 11) is 1.35. The monoisotopic (exact) mass is 269 g/mol. The fraction of sp³-hybridized carbons (Fsp3) is 0.778. The van der Waals surface area contributed by atoms with Crippen LogP contribution in [0.15, 0.2) is 0 Å². The first-order chi connectivity index (χ1) is 8.18. The highest BCUT2D eigenvalue weighted by Gasteiger charge is 2.32. The second-order valence-corrected chi connectivity index (χ2v) is 3.27. The molecule has 9 heteroatoms. The van der Waals surface area contributed by atoms with Crippen molar-refractivity contribution in [1.82, 2.24) is 0 Å². The molecule has 0 heterocycles. The molecule has 0 radical (unpaired) electrons. The third-order valence-electron chi connectivity index (χ3n) is 1.83. The van der Waals surface area contributed by atoms with Gasteiger partial charge in [-0.1, -0.05) is 0 Å². The van der Waals surface area contributed by atoms with E-state index in [9.17, 15) is 9.59 Å². The molecule has 9 nitrogen and oxygen atoms in total. The maximum Gasteiger partial charge on any atom is 0.302 e. The fourth-order valence-electron chi connectivity index (χ4n) is 0.691. The van der Waals surface area contributed by atoms with Crippen LogP contribution in [0.2, 0.25) is 0 Å². The molecule has 4 atom stereocenters. The third-order valence-corrected chi connectivity index (χ3v) is 1.83. The molecule has 18 heavy (non-hydrogen) atoms. The van der Waals surface area contributed by atoms with E-state index in [1.165, 1.54) is 14.0 Å². The zero-order chi connectivity index (χ0) is 14.9. The minimum Gasteiger partial charge on any atom is -0.469 e. The van der Waals surface area contributed by atoms with E-state index in [-0.39, 0.29) is 5.97 Å². The number of esters is 1. The quantitative estimate of drug-likeness (QED) is 0.275. The largest absolute Gasteiger partial charge is 0.469 e. The maximum atomic E-state index is 10.3. The molecule has 0 aliphatic carbocycles. The van der Waals surface area contributed by atoms with Gasteiger partial charge in [-0.05, 0) is 0 Å². The van der Waals surface area contributed by atoms with Crippen molar-refractivity contribution < 1.29 is 39.9 Å². The molecular weight excluding hydrogens is 250 g/mol. The highest BCUT2D eigenvalue weighted by atomic mass is 16.5. The third kappa shape index (κ3) is 7.92. The number of hydrogen-bond acceptors (Lipinski definition) is 8. The molecule has 1 amide bonds. The summed E-state index contributed by atoms with van der Waals surface area (Å²) in [5, 5.41) is 44.0. The molecule has 0 fully saturated rings. The van der Waals surface area contributed by atoms with E-state index in [1.807, 2.05) is 0 Å². The van der Waals surface area contributed by atoms with Gasteiger partial charge >= 0.3 is 5.97 Å². The minimum atomic E-state index is -1.98. The first-order valence-electron chi connectivity index (χ1n) is 4.86. The summed E-state index contributed by atoms with van der Waals surface area (Å²) in [6.45, 7) is 0.559. The van der Waals surface area contributed by atoms with E-state index in [4.69, 9.17) is 25.5 Å². The van der Waals surface area contributed by atoms with Crippen LogP contribution < -0.4 is 5.73 Å². The summed E-state index contributed by atoms with van der Waals surface area (Å²) in [6, 6.07) is 0. The lowest BCUT2D eigenvalue weighted by molar-refractivity contribution is -0.146. The Morgan fingerprint density at radius 2 is 1.56 bits per heavy atom. The van der Waals surface area contributed by atoms with Crippen molar-refractivity contribution in [2.24, 2.45) is 5.73 Å². The summed E-state index contributed by atoms with van der Waals surface area (Å²) >= 11 is 0. The van der Waals surface area contributed by atoms with E-state index in [1.54, 1.807) is 0 Å². The molecule has 0 saturated heterocycles. The van der Waals surface area contributed by atoms with Crippen molar-refractivity contribution in [3.8, 4) is 0 Å². The topological polar surface area (TPSA) is 171 Å². The number of primary amides is 1. The first kappa shape index (κ1) is 19.1. The van der Waals surface area contributed by atoms with Crippen molar-refractivity contribution >= 4 is 11.9 Å². The molecule has 0 aromatic heterocycles. The number of aliphatic hydroxyl groups excluding tert-OH is 5. The van der Waals surface area contributed by atoms with Gasteiger partial charge in [-0.25, -0.2) is 0 Å². The van der Waals surface area contributed by atoms with Crippen LogP contribution >= 0.6 is 0 Å². The molecule has 0 aromatic carbocycles. The van der Waals surface area contributed by atoms with Gasteiger partial charge in [0.25, 0.3) is 0 Å². The van der Waals surface area contributed by atoms with Crippen molar-refractivity contribution in [3.05, 3.63) is 0 Å². The second kappa shape index (κ2) is 9.74. The standard InChI is InChI=1S/C6H13NO6.C3H6O2/c7-6(13)5(12)4(11)3(10)2(9)1-8;1-3(4)5-2/h2-5,8-12H,1H2,(H2,7,13);1-2H3/t2-,3-,4+,5-;/m1./s1. The number of rotatable bonds is 5. The molecule has 0 saturated carbocycles. The van der Waals surface area contributed by atoms with E-state index in [0.29, 0.717) is 0 Å². The van der Waals surface area contributed by atoms with Crippen molar-refractivity contribution in [3.63, 3.8) is 0 Å². The summed E-state index contributed by atoms with van der Waals surface area (Å²) < 4.78 is 4.11. The highest BCUT2D eigenvalue weighted by molar-refractivity contribution is 5.79. The summed E-state index contributed by atoms with van der Waals surface area (Å²) in [6.07, 6.45) is -7.35. The van der Waals surface area contributed by atoms with Gasteiger partial charge in [-0.15, -0.1) is 0 Å². The van der Waals surface area contributed by atoms with Gasteiger partial charge in [-0.2, -0.15) is 0 Å². The zero-order valence-corrected chi connectivity index (χ0v) is 10.1. The van der Waals surface area contributed by atoms with Gasteiger partial charge < -0.3 is 36.0 Å². The van der Waals surface area contributed by atoms with Gasteiger partial charge in [0, 0.05) is 6.92 Å². The van der Waals surface area contributed by atoms with Crippen molar-refractivity contribution in [2.45, 2.75) is 31.3 Å². The van der Waals surface area contributed by atoms with Gasteiger partial charge in [0.1, 0.15) is 18.3 Å². The molecule has 108 valence electrons. The molecule has 0 bridgehead atoms. The smallest absolute Gasteiger partial charge is 0.302 e. The average molecular weight is 269 g/mol. The predicted octanol–water partition coefficient (Wildman–Crippen LogP) is -3.91. The number of methoxy groups -OCH3 is 1. The normalized spacial score (nSPS) is 16.6. The fourth-order valence-corrected chi connectivity index (χ4v) is 0.691. The molecular formula is C9H19NO8. The number of hydrogen-bond donors (Lipinski definition) is 6. The van der Waals surface area contributed by atoms with Gasteiger partial charge in [0.15, 0.2) is 6.10 Å². The Balaban J connectivity index is 0. The molecule has 0 unspecified atom stereocenters. The lowest BCUT2D eigenvalue weighted by Crippen LogP contribution is -2.50. The maximum absolute atomic E-state index is 10.3. The summed E-state index contributed by atoms with van der Waals surface area (Å²) in [5.41, 5.74) is 4.61. The van der Waals surface area contributed by atoms with E-state index in [0.717, 1.165) is 0 Å². The lowest BCUT2D eigenvalue weighted by atomic mass is 10.0. The Kier molecular flexibility index (Phi) is 10.3. The van der Waals surface area contributed by atoms with Crippen LogP contribution in [0.25, 0.3) is 0 Å². The van der Waals surface area contributed by atoms with Crippen LogP contribution in [-0.4, -0.2) is 75.5 Å². The molecule has 0 aromatic rings. The summed E-state index contributed by atoms with van der Waals surface area (Å²) in [5.74, 6) is -1.47. The van der Waals surface area contributed by atoms with E-state index >= 15 is 0 Å². The highest BCUT2D eigenvalue weighted by Crippen LogP contribution is 2.04. The van der Waals surface area contributed by atoms with Gasteiger partial charge in [0.2, 0.25) is 5.91 Å². The van der Waals surface area contributed by atoms with Crippen molar-refractivity contribution in [2.75, 3.05) is 13.7 Å². The van der Waals surface area contributed by atoms with Crippen LogP contribution in [0, 0.1) is 0 Å². The number of amides is 1. The van der Waals surface area contributed by atoms with Gasteiger partial charge in [-0.3, -0.25) is 9.59 Å². The predicted molar refractivity (Wildman–Crippen MR) is 58.0 cm³/mol. The number of carbonyl (C=O) groups is 2. The van der Waals surface area contributed by atoms with Crippen LogP contribution in [0.5, 0.6) is 0 Å². The van der Waals surface area contributed by atoms with E-state index in [2.05, 4.69) is 10.5 Å². The Hall–Kier alpha value is -1.26. The number of carbonyl (C=O) groups excluding carboxylic acids is 2. The Morgan fingerprint density at radius 1 is 1.17 bits per heavy atom. The number of ether oxygens (including phenoxy) is 1. The van der Waals surface area contributed by atoms with Crippen LogP contribution in [-0.2, 0) is 14.3 Å². The van der Waals surface area contributed by atoms with E-state index < -0.39 is 36.9 Å². The Bertz CT molecular complexity index is 259. The molecule has 0 aliphatic rings. The lowest BCUT2D eigenvalue weighted by Gasteiger charge is -2.23. The van der Waals surface area contributed by atoms with Crippen LogP contribution in [0.4, 0.5) is 0 Å². The zero-order valence-electron chi connectivity index (χ0n) is 10.1. The first-order valence-corrected chi connectivity index (χ1v) is 4.86. The summed E-state index contributed by atoms with van der Waals surface area (Å²) in [4.78, 5) is 19.9. The molecule has 0 rings (SSSR count). The number of aliphatic hydroxyl groups is 5. The SMILES string of the molecule is COC(C)=O.NC(=O)[C@H](O)[C@@H](O)[C@H](O)[C@H](O)CO. The Morgan fingerprint density at radius 3 is 1.78 bits per heavy atom. The average Bonchev–Trinajstić information content (AvgIpc) is 2.35. The number of nitrogens with two attached hydrogens (primary N) is 1. The molecule has 0 spiro atoms. The van der Waals surface area contributed by atoms with Gasteiger partial charge in [0.05, 0.1) is 13.7 Å². The minimum absolute atomic E-state index is 0.245. The molecule has 0 aliphatic heterocycles. The Labute approximate surface area is 103 Å². The van der Waals surface area contributed by atoms with Crippen molar-refractivity contribution in [1.29, 1.82) is 0 Å². The van der Waals surface area contributed by atoms with Crippen LogP contribution in [0.1, 0.15) is 6.92 Å². The second-order valence-electron chi connectivity index (χ2n) is 3.27.